The predicted molar refractivity (Wildman–Crippen MR) is 79.4 cm³/mol. The largest absolute Gasteiger partial charge is 0.322 e. The van der Waals surface area contributed by atoms with Crippen LogP contribution in [-0.2, 0) is 18.3 Å². The first-order valence-corrected chi connectivity index (χ1v) is 6.59. The van der Waals surface area contributed by atoms with Crippen molar-refractivity contribution in [3.05, 3.63) is 47.3 Å². The van der Waals surface area contributed by atoms with Crippen molar-refractivity contribution in [2.45, 2.75) is 26.3 Å². The first-order valence-electron chi connectivity index (χ1n) is 6.59. The topological polar surface area (TPSA) is 72.9 Å². The van der Waals surface area contributed by atoms with Gasteiger partial charge in [0, 0.05) is 7.05 Å². The molecule has 0 spiro atoms. The molecule has 1 heterocycles. The summed E-state index contributed by atoms with van der Waals surface area (Å²) >= 11 is 0. The Hall–Kier alpha value is -2.14. The second-order valence-electron chi connectivity index (χ2n) is 4.95. The van der Waals surface area contributed by atoms with Crippen LogP contribution in [0, 0.1) is 13.8 Å². The summed E-state index contributed by atoms with van der Waals surface area (Å²) in [5.74, 6) is -0.187. The van der Waals surface area contributed by atoms with Gasteiger partial charge in [-0.25, -0.2) is 0 Å². The van der Waals surface area contributed by atoms with Gasteiger partial charge < -0.3 is 11.1 Å². The summed E-state index contributed by atoms with van der Waals surface area (Å²) in [6.45, 7) is 3.78. The zero-order valence-corrected chi connectivity index (χ0v) is 12.1. The van der Waals surface area contributed by atoms with Gasteiger partial charge in [0.05, 0.1) is 23.1 Å². The minimum absolute atomic E-state index is 0.187. The Labute approximate surface area is 118 Å². The molecule has 20 heavy (non-hydrogen) atoms. The Bertz CT molecular complexity index is 604. The van der Waals surface area contributed by atoms with Crippen molar-refractivity contribution in [2.75, 3.05) is 5.32 Å². The number of rotatable bonds is 4. The van der Waals surface area contributed by atoms with E-state index in [1.54, 1.807) is 4.68 Å². The average molecular weight is 272 g/mol. The maximum Gasteiger partial charge on any atom is 0.241 e. The number of aryl methyl sites for hydroxylation is 2. The minimum Gasteiger partial charge on any atom is -0.322 e. The van der Waals surface area contributed by atoms with E-state index in [0.717, 1.165) is 22.6 Å². The maximum atomic E-state index is 12.2. The fourth-order valence-corrected chi connectivity index (χ4v) is 2.13. The molecule has 3 N–H and O–H groups in total. The molecule has 1 aromatic carbocycles. The fourth-order valence-electron chi connectivity index (χ4n) is 2.13. The lowest BCUT2D eigenvalue weighted by molar-refractivity contribution is -0.117. The number of hydrogen-bond acceptors (Lipinski definition) is 3. The van der Waals surface area contributed by atoms with Gasteiger partial charge in [0.15, 0.2) is 0 Å². The van der Waals surface area contributed by atoms with Gasteiger partial charge in [0.1, 0.15) is 0 Å². The fraction of sp³-hybridized carbons (Fsp3) is 0.333. The van der Waals surface area contributed by atoms with E-state index in [1.807, 2.05) is 51.2 Å². The first-order chi connectivity index (χ1) is 9.49. The van der Waals surface area contributed by atoms with E-state index in [9.17, 15) is 4.79 Å². The van der Waals surface area contributed by atoms with Gasteiger partial charge in [-0.05, 0) is 25.8 Å². The van der Waals surface area contributed by atoms with E-state index >= 15 is 0 Å². The summed E-state index contributed by atoms with van der Waals surface area (Å²) in [6, 6.07) is 9.18. The molecule has 0 radical (unpaired) electrons. The lowest BCUT2D eigenvalue weighted by Gasteiger charge is -2.12. The highest BCUT2D eigenvalue weighted by Crippen LogP contribution is 2.18. The van der Waals surface area contributed by atoms with Gasteiger partial charge in [0.2, 0.25) is 5.91 Å². The maximum absolute atomic E-state index is 12.2. The number of aromatic nitrogens is 2. The van der Waals surface area contributed by atoms with Gasteiger partial charge in [-0.2, -0.15) is 5.10 Å². The standard InChI is InChI=1S/C15H20N4O/c1-10-14(11(2)19(3)18-10)17-15(20)13(16)9-12-7-5-4-6-8-12/h4-8,13H,9,16H2,1-3H3,(H,17,20). The molecule has 0 fully saturated rings. The number of amides is 1. The molecule has 0 aliphatic rings. The number of nitrogens with one attached hydrogen (secondary N) is 1. The molecule has 1 unspecified atom stereocenters. The molecule has 5 heteroatoms. The zero-order chi connectivity index (χ0) is 14.7. The number of carbonyl (C=O) groups is 1. The van der Waals surface area contributed by atoms with Crippen LogP contribution in [0.25, 0.3) is 0 Å². The number of nitrogens with zero attached hydrogens (tertiary/aromatic N) is 2. The molecule has 2 aromatic rings. The van der Waals surface area contributed by atoms with Gasteiger partial charge in [-0.15, -0.1) is 0 Å². The normalized spacial score (nSPS) is 12.2. The van der Waals surface area contributed by atoms with Crippen LogP contribution in [0.1, 0.15) is 17.0 Å². The van der Waals surface area contributed by atoms with E-state index in [4.69, 9.17) is 5.73 Å². The monoisotopic (exact) mass is 272 g/mol. The SMILES string of the molecule is Cc1nn(C)c(C)c1NC(=O)C(N)Cc1ccccc1. The van der Waals surface area contributed by atoms with E-state index in [-0.39, 0.29) is 5.91 Å². The van der Waals surface area contributed by atoms with Gasteiger partial charge in [0.25, 0.3) is 0 Å². The van der Waals surface area contributed by atoms with Crippen molar-refractivity contribution in [3.63, 3.8) is 0 Å². The molecule has 0 saturated carbocycles. The third kappa shape index (κ3) is 3.05. The highest BCUT2D eigenvalue weighted by Gasteiger charge is 2.18. The molecule has 5 nitrogen and oxygen atoms in total. The molecule has 0 bridgehead atoms. The van der Waals surface area contributed by atoms with Gasteiger partial charge in [-0.1, -0.05) is 30.3 Å². The Morgan fingerprint density at radius 1 is 1.35 bits per heavy atom. The molecule has 0 aliphatic carbocycles. The summed E-state index contributed by atoms with van der Waals surface area (Å²) in [4.78, 5) is 12.2. The Kier molecular flexibility index (Phi) is 4.20. The smallest absolute Gasteiger partial charge is 0.241 e. The Morgan fingerprint density at radius 3 is 2.55 bits per heavy atom. The van der Waals surface area contributed by atoms with Crippen LogP contribution in [-0.4, -0.2) is 21.7 Å². The van der Waals surface area contributed by atoms with Crippen molar-refractivity contribution in [1.29, 1.82) is 0 Å². The van der Waals surface area contributed by atoms with Gasteiger partial charge in [-0.3, -0.25) is 9.48 Å². The number of anilines is 1. The zero-order valence-electron chi connectivity index (χ0n) is 12.1. The molecule has 106 valence electrons. The van der Waals surface area contributed by atoms with E-state index in [0.29, 0.717) is 6.42 Å². The summed E-state index contributed by atoms with van der Waals surface area (Å²) in [6.07, 6.45) is 0.519. The highest BCUT2D eigenvalue weighted by molar-refractivity contribution is 5.95. The third-order valence-corrected chi connectivity index (χ3v) is 3.39. The first kappa shape index (κ1) is 14.3. The van der Waals surface area contributed by atoms with E-state index in [1.165, 1.54) is 0 Å². The summed E-state index contributed by atoms with van der Waals surface area (Å²) < 4.78 is 1.74. The van der Waals surface area contributed by atoms with E-state index in [2.05, 4.69) is 10.4 Å². The lowest BCUT2D eigenvalue weighted by Crippen LogP contribution is -2.37. The molecule has 1 atom stereocenters. The molecule has 0 saturated heterocycles. The Balaban J connectivity index is 2.04. The van der Waals surface area contributed by atoms with Crippen LogP contribution >= 0.6 is 0 Å². The van der Waals surface area contributed by atoms with Crippen molar-refractivity contribution in [1.82, 2.24) is 9.78 Å². The molecule has 1 aromatic heterocycles. The van der Waals surface area contributed by atoms with Crippen LogP contribution in [0.15, 0.2) is 30.3 Å². The highest BCUT2D eigenvalue weighted by atomic mass is 16.2. The van der Waals surface area contributed by atoms with Crippen molar-refractivity contribution in [2.24, 2.45) is 12.8 Å². The molecule has 0 aliphatic heterocycles. The number of carbonyl (C=O) groups excluding carboxylic acids is 1. The quantitative estimate of drug-likeness (QED) is 0.887. The molecular weight excluding hydrogens is 252 g/mol. The Morgan fingerprint density at radius 2 is 2.00 bits per heavy atom. The molecule has 2 rings (SSSR count). The van der Waals surface area contributed by atoms with Crippen LogP contribution in [0.3, 0.4) is 0 Å². The molecular formula is C15H20N4O. The average Bonchev–Trinajstić information content (AvgIpc) is 2.66. The van der Waals surface area contributed by atoms with Crippen LogP contribution in [0.2, 0.25) is 0 Å². The summed E-state index contributed by atoms with van der Waals surface area (Å²) in [5, 5.41) is 7.14. The minimum atomic E-state index is -0.573. The summed E-state index contributed by atoms with van der Waals surface area (Å²) in [7, 11) is 1.85. The lowest BCUT2D eigenvalue weighted by atomic mass is 10.1. The van der Waals surface area contributed by atoms with Crippen molar-refractivity contribution < 1.29 is 4.79 Å². The number of hydrogen-bond donors (Lipinski definition) is 2. The van der Waals surface area contributed by atoms with E-state index < -0.39 is 6.04 Å². The van der Waals surface area contributed by atoms with Gasteiger partial charge >= 0.3 is 0 Å². The predicted octanol–water partition coefficient (Wildman–Crippen LogP) is 1.55. The van der Waals surface area contributed by atoms with Crippen LogP contribution < -0.4 is 11.1 Å². The van der Waals surface area contributed by atoms with Crippen LogP contribution in [0.4, 0.5) is 5.69 Å². The molecule has 1 amide bonds. The third-order valence-electron chi connectivity index (χ3n) is 3.39. The second-order valence-corrected chi connectivity index (χ2v) is 4.95. The summed E-state index contributed by atoms with van der Waals surface area (Å²) in [5.41, 5.74) is 9.48. The van der Waals surface area contributed by atoms with Crippen molar-refractivity contribution in [3.8, 4) is 0 Å². The second kappa shape index (κ2) is 5.88. The number of benzene rings is 1. The van der Waals surface area contributed by atoms with Crippen LogP contribution in [0.5, 0.6) is 0 Å². The van der Waals surface area contributed by atoms with Crippen molar-refractivity contribution >= 4 is 11.6 Å². The number of nitrogens with two attached hydrogens (primary N) is 1.